The molecule has 32 heavy (non-hydrogen) atoms. The summed E-state index contributed by atoms with van der Waals surface area (Å²) in [4.78, 5) is 13.8. The van der Waals surface area contributed by atoms with E-state index in [9.17, 15) is 0 Å². The first-order valence-corrected chi connectivity index (χ1v) is 10.7. The fraction of sp³-hybridized carbons (Fsp3) is 0.208. The van der Waals surface area contributed by atoms with Crippen molar-refractivity contribution in [1.82, 2.24) is 29.5 Å². The highest BCUT2D eigenvalue weighted by Gasteiger charge is 2.17. The molecule has 0 aliphatic carbocycles. The second-order valence-electron chi connectivity index (χ2n) is 8.66. The van der Waals surface area contributed by atoms with Crippen LogP contribution >= 0.6 is 11.6 Å². The summed E-state index contributed by atoms with van der Waals surface area (Å²) in [5.41, 5.74) is 3.77. The van der Waals surface area contributed by atoms with Gasteiger partial charge in [0.1, 0.15) is 5.82 Å². The molecular weight excluding hydrogens is 422 g/mol. The molecule has 5 rings (SSSR count). The van der Waals surface area contributed by atoms with Gasteiger partial charge in [-0.1, -0.05) is 50.6 Å². The molecule has 3 aromatic heterocycles. The van der Waals surface area contributed by atoms with Gasteiger partial charge >= 0.3 is 0 Å². The first kappa shape index (κ1) is 20.3. The van der Waals surface area contributed by atoms with Crippen molar-refractivity contribution in [1.29, 1.82) is 0 Å². The molecule has 0 spiro atoms. The first-order chi connectivity index (χ1) is 15.3. The Kier molecular flexibility index (Phi) is 4.78. The maximum atomic E-state index is 6.32. The predicted molar refractivity (Wildman–Crippen MR) is 128 cm³/mol. The van der Waals surface area contributed by atoms with Gasteiger partial charge in [0.2, 0.25) is 0 Å². The Morgan fingerprint density at radius 3 is 2.41 bits per heavy atom. The molecule has 5 aromatic rings. The largest absolute Gasteiger partial charge is 0.372 e. The molecule has 1 N–H and O–H groups in total. The van der Waals surface area contributed by atoms with E-state index in [0.29, 0.717) is 22.4 Å². The summed E-state index contributed by atoms with van der Waals surface area (Å²) in [7, 11) is 1.83. The van der Waals surface area contributed by atoms with Crippen molar-refractivity contribution in [2.45, 2.75) is 26.2 Å². The highest BCUT2D eigenvalue weighted by molar-refractivity contribution is 6.31. The van der Waals surface area contributed by atoms with Crippen LogP contribution in [0.5, 0.6) is 0 Å². The van der Waals surface area contributed by atoms with Crippen LogP contribution in [0.15, 0.2) is 54.9 Å². The third-order valence-corrected chi connectivity index (χ3v) is 5.68. The van der Waals surface area contributed by atoms with Crippen molar-refractivity contribution >= 4 is 34.1 Å². The number of anilines is 1. The number of hydrogen-bond acceptors (Lipinski definition) is 6. The fourth-order valence-electron chi connectivity index (χ4n) is 3.66. The Hall–Kier alpha value is -3.58. The van der Waals surface area contributed by atoms with E-state index in [1.165, 1.54) is 0 Å². The SMILES string of the molecule is CNc1nc2nnc(-c3cccc(-c4ncc(C(C)(C)C)cn4)c3)n2c2cc(Cl)ccc12. The van der Waals surface area contributed by atoms with Crippen LogP contribution in [0.2, 0.25) is 5.02 Å². The van der Waals surface area contributed by atoms with Crippen LogP contribution in [0.1, 0.15) is 26.3 Å². The Morgan fingerprint density at radius 1 is 0.938 bits per heavy atom. The summed E-state index contributed by atoms with van der Waals surface area (Å²) >= 11 is 6.32. The van der Waals surface area contributed by atoms with E-state index < -0.39 is 0 Å². The van der Waals surface area contributed by atoms with Crippen LogP contribution in [0.25, 0.3) is 39.5 Å². The smallest absolute Gasteiger partial charge is 0.257 e. The third kappa shape index (κ3) is 3.44. The number of benzene rings is 2. The molecule has 2 aromatic carbocycles. The van der Waals surface area contributed by atoms with Gasteiger partial charge < -0.3 is 5.32 Å². The summed E-state index contributed by atoms with van der Waals surface area (Å²) in [6.07, 6.45) is 3.78. The molecule has 0 bridgehead atoms. The Bertz CT molecular complexity index is 1450. The van der Waals surface area contributed by atoms with Crippen molar-refractivity contribution < 1.29 is 0 Å². The van der Waals surface area contributed by atoms with E-state index in [4.69, 9.17) is 11.6 Å². The van der Waals surface area contributed by atoms with Gasteiger partial charge in [0.05, 0.1) is 5.52 Å². The predicted octanol–water partition coefficient (Wildman–Crippen LogP) is 5.39. The molecule has 0 atom stereocenters. The van der Waals surface area contributed by atoms with Crippen LogP contribution in [0.4, 0.5) is 5.82 Å². The molecule has 0 saturated heterocycles. The van der Waals surface area contributed by atoms with Gasteiger partial charge in [0.15, 0.2) is 11.6 Å². The van der Waals surface area contributed by atoms with E-state index >= 15 is 0 Å². The second-order valence-corrected chi connectivity index (χ2v) is 9.09. The van der Waals surface area contributed by atoms with Crippen molar-refractivity contribution in [3.8, 4) is 22.8 Å². The van der Waals surface area contributed by atoms with Crippen molar-refractivity contribution in [3.63, 3.8) is 0 Å². The van der Waals surface area contributed by atoms with E-state index in [1.54, 1.807) is 0 Å². The number of hydrogen-bond donors (Lipinski definition) is 1. The van der Waals surface area contributed by atoms with Crippen LogP contribution in [0, 0.1) is 0 Å². The summed E-state index contributed by atoms with van der Waals surface area (Å²) < 4.78 is 1.92. The summed E-state index contributed by atoms with van der Waals surface area (Å²) in [6.45, 7) is 6.44. The first-order valence-electron chi connectivity index (χ1n) is 10.3. The third-order valence-electron chi connectivity index (χ3n) is 5.45. The molecule has 0 amide bonds. The number of aromatic nitrogens is 6. The average Bonchev–Trinajstić information content (AvgIpc) is 3.22. The van der Waals surface area contributed by atoms with Crippen molar-refractivity contribution in [2.24, 2.45) is 0 Å². The molecule has 0 radical (unpaired) electrons. The highest BCUT2D eigenvalue weighted by Crippen LogP contribution is 2.30. The molecule has 0 unspecified atom stereocenters. The molecule has 0 aliphatic rings. The van der Waals surface area contributed by atoms with Gasteiger partial charge in [-0.05, 0) is 35.2 Å². The van der Waals surface area contributed by atoms with Gasteiger partial charge in [-0.3, -0.25) is 4.40 Å². The zero-order valence-corrected chi connectivity index (χ0v) is 19.0. The molecule has 0 saturated carbocycles. The van der Waals surface area contributed by atoms with Gasteiger partial charge in [-0.15, -0.1) is 10.2 Å². The minimum Gasteiger partial charge on any atom is -0.372 e. The van der Waals surface area contributed by atoms with Crippen molar-refractivity contribution in [2.75, 3.05) is 12.4 Å². The summed E-state index contributed by atoms with van der Waals surface area (Å²) in [6, 6.07) is 13.7. The number of rotatable bonds is 3. The summed E-state index contributed by atoms with van der Waals surface area (Å²) in [5, 5.41) is 13.4. The number of halogens is 1. The van der Waals surface area contributed by atoms with Crippen molar-refractivity contribution in [3.05, 3.63) is 65.4 Å². The maximum absolute atomic E-state index is 6.32. The maximum Gasteiger partial charge on any atom is 0.257 e. The van der Waals surface area contributed by atoms with Gasteiger partial charge in [-0.25, -0.2) is 9.97 Å². The lowest BCUT2D eigenvalue weighted by molar-refractivity contribution is 0.584. The lowest BCUT2D eigenvalue weighted by Gasteiger charge is -2.17. The minimum atomic E-state index is 0.00232. The minimum absolute atomic E-state index is 0.00232. The van der Waals surface area contributed by atoms with Gasteiger partial charge in [-0.2, -0.15) is 4.98 Å². The zero-order chi connectivity index (χ0) is 22.5. The zero-order valence-electron chi connectivity index (χ0n) is 18.3. The lowest BCUT2D eigenvalue weighted by atomic mass is 9.89. The van der Waals surface area contributed by atoms with E-state index in [1.807, 2.05) is 66.3 Å². The van der Waals surface area contributed by atoms with Gasteiger partial charge in [0.25, 0.3) is 5.78 Å². The lowest BCUT2D eigenvalue weighted by Crippen LogP contribution is -2.12. The summed E-state index contributed by atoms with van der Waals surface area (Å²) in [5.74, 6) is 2.56. The number of fused-ring (bicyclic) bond motifs is 3. The number of nitrogens with zero attached hydrogens (tertiary/aromatic N) is 6. The topological polar surface area (TPSA) is 80.9 Å². The molecule has 3 heterocycles. The second kappa shape index (κ2) is 7.53. The van der Waals surface area contributed by atoms with E-state index in [0.717, 1.165) is 33.4 Å². The Morgan fingerprint density at radius 2 is 1.69 bits per heavy atom. The van der Waals surface area contributed by atoms with Crippen LogP contribution in [-0.4, -0.2) is 36.6 Å². The quantitative estimate of drug-likeness (QED) is 0.402. The van der Waals surface area contributed by atoms with E-state index in [-0.39, 0.29) is 5.41 Å². The van der Waals surface area contributed by atoms with Crippen LogP contribution in [-0.2, 0) is 5.41 Å². The fourth-order valence-corrected chi connectivity index (χ4v) is 3.83. The van der Waals surface area contributed by atoms with Crippen LogP contribution in [0.3, 0.4) is 0 Å². The molecule has 0 aliphatic heterocycles. The molecule has 7 nitrogen and oxygen atoms in total. The number of nitrogens with one attached hydrogen (secondary N) is 1. The highest BCUT2D eigenvalue weighted by atomic mass is 35.5. The Balaban J connectivity index is 1.66. The average molecular weight is 444 g/mol. The molecular formula is C24H22ClN7. The standard InChI is InChI=1S/C24H22ClN7/c1-24(2,3)16-12-27-20(28-13-16)14-6-5-7-15(10-14)22-30-31-23-29-21(26-4)18-9-8-17(25)11-19(18)32(22)23/h5-13H,1-4H3,(H,26,29,31). The van der Waals surface area contributed by atoms with Crippen LogP contribution < -0.4 is 5.32 Å². The normalized spacial score (nSPS) is 11.9. The van der Waals surface area contributed by atoms with Gasteiger partial charge in [0, 0.05) is 41.0 Å². The Labute approximate surface area is 190 Å². The molecule has 8 heteroatoms. The monoisotopic (exact) mass is 443 g/mol. The molecule has 0 fully saturated rings. The van der Waals surface area contributed by atoms with E-state index in [2.05, 4.69) is 51.2 Å². The molecule has 160 valence electrons.